The summed E-state index contributed by atoms with van der Waals surface area (Å²) in [5, 5.41) is 0. The molecule has 0 bridgehead atoms. The van der Waals surface area contributed by atoms with Crippen molar-refractivity contribution in [2.75, 3.05) is 19.8 Å². The summed E-state index contributed by atoms with van der Waals surface area (Å²) in [6.45, 7) is 7.75. The minimum atomic E-state index is -0.538. The Balaban J connectivity index is 4.22. The Morgan fingerprint density at radius 1 is 0.383 bits per heavy atom. The van der Waals surface area contributed by atoms with Crippen molar-refractivity contribution in [3.8, 4) is 0 Å². The highest BCUT2D eigenvalue weighted by molar-refractivity contribution is 5.70. The van der Waals surface area contributed by atoms with Gasteiger partial charge in [-0.2, -0.15) is 0 Å². The van der Waals surface area contributed by atoms with Gasteiger partial charge in [0.25, 0.3) is 0 Å². The van der Waals surface area contributed by atoms with Crippen LogP contribution >= 0.6 is 0 Å². The van der Waals surface area contributed by atoms with Crippen LogP contribution in [0.25, 0.3) is 0 Å². The van der Waals surface area contributed by atoms with E-state index in [4.69, 9.17) is 14.2 Å². The maximum atomic E-state index is 12.8. The molecule has 0 saturated heterocycles. The molecule has 0 aliphatic heterocycles. The molecular weight excluding hydrogens is 741 g/mol. The molecule has 0 amide bonds. The third-order valence-corrected chi connectivity index (χ3v) is 11.7. The number of hydrogen-bond donors (Lipinski definition) is 0. The molecule has 5 heteroatoms. The number of unbranched alkanes of at least 4 members (excludes halogenated alkanes) is 32. The second kappa shape index (κ2) is 51.5. The number of carbonyl (C=O) groups excluding carboxylic acids is 2. The molecule has 0 rings (SSSR count). The van der Waals surface area contributed by atoms with Crippen LogP contribution in [0.1, 0.15) is 278 Å². The van der Waals surface area contributed by atoms with Crippen molar-refractivity contribution in [1.82, 2.24) is 0 Å². The summed E-state index contributed by atoms with van der Waals surface area (Å²) in [6, 6.07) is 0. The topological polar surface area (TPSA) is 61.8 Å². The van der Waals surface area contributed by atoms with E-state index in [0.29, 0.717) is 19.4 Å². The predicted molar refractivity (Wildman–Crippen MR) is 261 cm³/mol. The standard InChI is InChI=1S/C55H102O5/c1-4-7-10-13-16-19-22-25-27-28-30-31-33-36-39-42-45-48-54(56)59-52-53(51-58-50-47-44-41-38-35-24-21-18-15-12-9-6-3)60-55(57)49-46-43-40-37-34-32-29-26-23-20-17-14-11-8-5-2/h8,11,17,20,26,29,53H,4-7,9-10,12-16,18-19,21-25,27-28,30-52H2,1-3H3/b11-8-,20-17-,29-26-. The number of ether oxygens (including phenoxy) is 3. The van der Waals surface area contributed by atoms with E-state index in [-0.39, 0.29) is 25.2 Å². The van der Waals surface area contributed by atoms with Gasteiger partial charge >= 0.3 is 11.9 Å². The fourth-order valence-corrected chi connectivity index (χ4v) is 7.76. The summed E-state index contributed by atoms with van der Waals surface area (Å²) in [7, 11) is 0. The smallest absolute Gasteiger partial charge is 0.306 e. The van der Waals surface area contributed by atoms with Gasteiger partial charge in [0, 0.05) is 19.4 Å². The van der Waals surface area contributed by atoms with Crippen LogP contribution in [0, 0.1) is 0 Å². The quantitative estimate of drug-likeness (QED) is 0.0347. The molecule has 0 aromatic carbocycles. The van der Waals surface area contributed by atoms with Crippen molar-refractivity contribution >= 4 is 11.9 Å². The van der Waals surface area contributed by atoms with E-state index in [2.05, 4.69) is 57.2 Å². The molecule has 0 N–H and O–H groups in total. The number of esters is 2. The van der Waals surface area contributed by atoms with E-state index < -0.39 is 6.10 Å². The van der Waals surface area contributed by atoms with Gasteiger partial charge in [0.15, 0.2) is 6.10 Å². The first-order valence-electron chi connectivity index (χ1n) is 26.5. The zero-order chi connectivity index (χ0) is 43.5. The molecule has 0 aromatic rings. The van der Waals surface area contributed by atoms with Gasteiger partial charge < -0.3 is 14.2 Å². The highest BCUT2D eigenvalue weighted by Crippen LogP contribution is 2.16. The van der Waals surface area contributed by atoms with E-state index in [1.165, 1.54) is 180 Å². The van der Waals surface area contributed by atoms with Gasteiger partial charge in [-0.25, -0.2) is 0 Å². The molecule has 0 spiro atoms. The lowest BCUT2D eigenvalue weighted by atomic mass is 10.0. The summed E-state index contributed by atoms with van der Waals surface area (Å²) in [4.78, 5) is 25.4. The average Bonchev–Trinajstić information content (AvgIpc) is 3.25. The first-order valence-corrected chi connectivity index (χ1v) is 26.5. The van der Waals surface area contributed by atoms with Gasteiger partial charge in [-0.1, -0.05) is 250 Å². The first kappa shape index (κ1) is 58.1. The Bertz CT molecular complexity index is 955. The molecule has 5 nitrogen and oxygen atoms in total. The lowest BCUT2D eigenvalue weighted by Crippen LogP contribution is -2.30. The minimum absolute atomic E-state index is 0.0845. The van der Waals surface area contributed by atoms with E-state index in [0.717, 1.165) is 64.2 Å². The molecule has 0 saturated carbocycles. The van der Waals surface area contributed by atoms with Crippen molar-refractivity contribution in [3.05, 3.63) is 36.5 Å². The maximum absolute atomic E-state index is 12.8. The van der Waals surface area contributed by atoms with Crippen molar-refractivity contribution in [2.45, 2.75) is 284 Å². The van der Waals surface area contributed by atoms with Crippen LogP contribution in [0.15, 0.2) is 36.5 Å². The Labute approximate surface area is 374 Å². The van der Waals surface area contributed by atoms with Crippen LogP contribution in [0.4, 0.5) is 0 Å². The fraction of sp³-hybridized carbons (Fsp3) is 0.855. The van der Waals surface area contributed by atoms with Crippen LogP contribution in [0.5, 0.6) is 0 Å². The molecule has 0 aliphatic rings. The van der Waals surface area contributed by atoms with E-state index >= 15 is 0 Å². The second-order valence-corrected chi connectivity index (χ2v) is 17.8. The molecule has 60 heavy (non-hydrogen) atoms. The predicted octanol–water partition coefficient (Wildman–Crippen LogP) is 17.8. The van der Waals surface area contributed by atoms with Crippen LogP contribution in [0.2, 0.25) is 0 Å². The van der Waals surface area contributed by atoms with Crippen molar-refractivity contribution in [2.24, 2.45) is 0 Å². The number of carbonyl (C=O) groups is 2. The maximum Gasteiger partial charge on any atom is 0.306 e. The normalized spacial score (nSPS) is 12.4. The van der Waals surface area contributed by atoms with Gasteiger partial charge in [-0.3, -0.25) is 9.59 Å². The molecule has 1 unspecified atom stereocenters. The fourth-order valence-electron chi connectivity index (χ4n) is 7.76. The highest BCUT2D eigenvalue weighted by atomic mass is 16.6. The highest BCUT2D eigenvalue weighted by Gasteiger charge is 2.17. The average molecular weight is 843 g/mol. The third kappa shape index (κ3) is 48.8. The van der Waals surface area contributed by atoms with E-state index in [1.54, 1.807) is 0 Å². The summed E-state index contributed by atoms with van der Waals surface area (Å²) in [5.74, 6) is -0.400. The Hall–Kier alpha value is -1.88. The molecule has 0 aromatic heterocycles. The Morgan fingerprint density at radius 2 is 0.750 bits per heavy atom. The molecule has 0 aliphatic carbocycles. The van der Waals surface area contributed by atoms with Crippen molar-refractivity contribution in [3.63, 3.8) is 0 Å². The van der Waals surface area contributed by atoms with Crippen LogP contribution in [-0.4, -0.2) is 37.9 Å². The lowest BCUT2D eigenvalue weighted by Gasteiger charge is -2.18. The number of hydrogen-bond acceptors (Lipinski definition) is 5. The first-order chi connectivity index (χ1) is 29.6. The lowest BCUT2D eigenvalue weighted by molar-refractivity contribution is -0.163. The Kier molecular flexibility index (Phi) is 49.9. The zero-order valence-corrected chi connectivity index (χ0v) is 40.5. The SMILES string of the molecule is CC/C=C\C/C=C\C/C=C\CCCCCCCC(=O)OC(COCCCCCCCCCCCCCC)COC(=O)CCCCCCCCCCCCCCCCCCC. The van der Waals surface area contributed by atoms with Gasteiger partial charge in [0.05, 0.1) is 6.61 Å². The van der Waals surface area contributed by atoms with Crippen LogP contribution < -0.4 is 0 Å². The van der Waals surface area contributed by atoms with E-state index in [9.17, 15) is 9.59 Å². The molecule has 0 fully saturated rings. The summed E-state index contributed by atoms with van der Waals surface area (Å²) in [5.41, 5.74) is 0. The summed E-state index contributed by atoms with van der Waals surface area (Å²) < 4.78 is 17.4. The molecule has 352 valence electrons. The van der Waals surface area contributed by atoms with Crippen LogP contribution in [0.3, 0.4) is 0 Å². The van der Waals surface area contributed by atoms with Gasteiger partial charge in [-0.15, -0.1) is 0 Å². The number of allylic oxidation sites excluding steroid dienone is 6. The summed E-state index contributed by atoms with van der Waals surface area (Å²) in [6.07, 6.45) is 61.5. The minimum Gasteiger partial charge on any atom is -0.462 e. The largest absolute Gasteiger partial charge is 0.462 e. The molecule has 0 heterocycles. The molecule has 1 atom stereocenters. The number of rotatable bonds is 49. The van der Waals surface area contributed by atoms with Gasteiger partial charge in [0.1, 0.15) is 6.61 Å². The Morgan fingerprint density at radius 3 is 1.20 bits per heavy atom. The molecular formula is C55H102O5. The second-order valence-electron chi connectivity index (χ2n) is 17.8. The van der Waals surface area contributed by atoms with Crippen LogP contribution in [-0.2, 0) is 23.8 Å². The van der Waals surface area contributed by atoms with Crippen molar-refractivity contribution < 1.29 is 23.8 Å². The van der Waals surface area contributed by atoms with Gasteiger partial charge in [0.2, 0.25) is 0 Å². The third-order valence-electron chi connectivity index (χ3n) is 11.7. The van der Waals surface area contributed by atoms with Gasteiger partial charge in [-0.05, 0) is 51.4 Å². The monoisotopic (exact) mass is 843 g/mol. The van der Waals surface area contributed by atoms with E-state index in [1.807, 2.05) is 0 Å². The molecule has 0 radical (unpaired) electrons. The summed E-state index contributed by atoms with van der Waals surface area (Å²) >= 11 is 0. The van der Waals surface area contributed by atoms with Crippen molar-refractivity contribution in [1.29, 1.82) is 0 Å². The zero-order valence-electron chi connectivity index (χ0n) is 40.5.